The third-order valence-electron chi connectivity index (χ3n) is 5.38. The number of hydrogen-bond donors (Lipinski definition) is 2. The zero-order valence-electron chi connectivity index (χ0n) is 16.4. The first-order chi connectivity index (χ1) is 14.6. The van der Waals surface area contributed by atoms with Gasteiger partial charge in [0.05, 0.1) is 11.7 Å². The average Bonchev–Trinajstić information content (AvgIpc) is 3.05. The molecule has 0 fully saturated rings. The zero-order valence-corrected chi connectivity index (χ0v) is 16.4. The van der Waals surface area contributed by atoms with Gasteiger partial charge in [-0.05, 0) is 60.9 Å². The summed E-state index contributed by atoms with van der Waals surface area (Å²) in [6.07, 6.45) is 5.04. The van der Waals surface area contributed by atoms with Gasteiger partial charge in [0.1, 0.15) is 17.5 Å². The summed E-state index contributed by atoms with van der Waals surface area (Å²) in [4.78, 5) is 8.23. The number of fused-ring (bicyclic) bond motifs is 3. The number of anilines is 2. The van der Waals surface area contributed by atoms with Gasteiger partial charge in [-0.25, -0.2) is 14.4 Å². The summed E-state index contributed by atoms with van der Waals surface area (Å²) in [6, 6.07) is 12.7. The summed E-state index contributed by atoms with van der Waals surface area (Å²) in [5.74, 6) is 1.77. The number of nitrogen functional groups attached to an aromatic ring is 1. The summed E-state index contributed by atoms with van der Waals surface area (Å²) in [5.41, 5.74) is 10.5. The maximum Gasteiger partial charge on any atom is 0.219 e. The van der Waals surface area contributed by atoms with Crippen LogP contribution < -0.4 is 11.1 Å². The van der Waals surface area contributed by atoms with E-state index in [0.717, 1.165) is 52.6 Å². The molecule has 2 aromatic heterocycles. The van der Waals surface area contributed by atoms with Crippen LogP contribution in [0.25, 0.3) is 16.8 Å². The van der Waals surface area contributed by atoms with E-state index in [1.165, 1.54) is 12.1 Å². The number of nitrogens with one attached hydrogen (secondary N) is 1. The molecular formula is C22H20FN7. The molecule has 30 heavy (non-hydrogen) atoms. The molecule has 0 saturated carbocycles. The summed E-state index contributed by atoms with van der Waals surface area (Å²) in [6.45, 7) is 1.95. The van der Waals surface area contributed by atoms with Gasteiger partial charge in [-0.2, -0.15) is 0 Å². The Bertz CT molecular complexity index is 1200. The van der Waals surface area contributed by atoms with Crippen molar-refractivity contribution in [2.24, 2.45) is 0 Å². The van der Waals surface area contributed by atoms with Gasteiger partial charge >= 0.3 is 0 Å². The van der Waals surface area contributed by atoms with Crippen LogP contribution in [0.2, 0.25) is 0 Å². The normalized spacial score (nSPS) is 15.2. The van der Waals surface area contributed by atoms with Crippen LogP contribution in [-0.2, 0) is 6.42 Å². The predicted molar refractivity (Wildman–Crippen MR) is 113 cm³/mol. The molecule has 0 saturated heterocycles. The van der Waals surface area contributed by atoms with Crippen LogP contribution in [0, 0.1) is 12.7 Å². The van der Waals surface area contributed by atoms with E-state index in [2.05, 4.69) is 42.2 Å². The zero-order chi connectivity index (χ0) is 20.7. The van der Waals surface area contributed by atoms with Gasteiger partial charge in [-0.15, -0.1) is 10.2 Å². The Morgan fingerprint density at radius 3 is 2.57 bits per heavy atom. The minimum absolute atomic E-state index is 0.0150. The van der Waals surface area contributed by atoms with Crippen LogP contribution in [0.5, 0.6) is 0 Å². The highest BCUT2D eigenvalue weighted by Crippen LogP contribution is 2.36. The van der Waals surface area contributed by atoms with E-state index in [9.17, 15) is 4.39 Å². The fraction of sp³-hybridized carbons (Fsp3) is 0.182. The van der Waals surface area contributed by atoms with Crippen molar-refractivity contribution in [3.63, 3.8) is 0 Å². The SMILES string of the molecule is Cc1nnc2n1-c1ccc(-c3cnc(N)nc3)cc1C(Nc1ccc(F)cc1)CC2. The van der Waals surface area contributed by atoms with Gasteiger partial charge in [0.15, 0.2) is 0 Å². The lowest BCUT2D eigenvalue weighted by molar-refractivity contribution is 0.627. The number of benzene rings is 2. The van der Waals surface area contributed by atoms with E-state index in [0.29, 0.717) is 0 Å². The molecular weight excluding hydrogens is 381 g/mol. The van der Waals surface area contributed by atoms with Gasteiger partial charge < -0.3 is 11.1 Å². The number of rotatable bonds is 3. The minimum Gasteiger partial charge on any atom is -0.378 e. The molecule has 0 amide bonds. The second-order valence-electron chi connectivity index (χ2n) is 7.34. The molecule has 1 unspecified atom stereocenters. The third-order valence-corrected chi connectivity index (χ3v) is 5.38. The van der Waals surface area contributed by atoms with Crippen molar-refractivity contribution < 1.29 is 4.39 Å². The Kier molecular flexibility index (Phi) is 4.39. The maximum atomic E-state index is 13.4. The fourth-order valence-corrected chi connectivity index (χ4v) is 3.91. The number of nitrogens with two attached hydrogens (primary N) is 1. The predicted octanol–water partition coefficient (Wildman–Crippen LogP) is 3.85. The van der Waals surface area contributed by atoms with E-state index in [1.54, 1.807) is 24.5 Å². The largest absolute Gasteiger partial charge is 0.378 e. The summed E-state index contributed by atoms with van der Waals surface area (Å²) in [7, 11) is 0. The van der Waals surface area contributed by atoms with Gasteiger partial charge in [0, 0.05) is 30.1 Å². The molecule has 150 valence electrons. The van der Waals surface area contributed by atoms with Crippen LogP contribution in [0.1, 0.15) is 29.7 Å². The quantitative estimate of drug-likeness (QED) is 0.541. The molecule has 1 aliphatic rings. The van der Waals surface area contributed by atoms with Crippen molar-refractivity contribution in [1.29, 1.82) is 0 Å². The first-order valence-electron chi connectivity index (χ1n) is 9.74. The number of halogens is 1. The molecule has 8 heteroatoms. The molecule has 0 bridgehead atoms. The number of hydrogen-bond acceptors (Lipinski definition) is 6. The van der Waals surface area contributed by atoms with Gasteiger partial charge in [-0.1, -0.05) is 6.07 Å². The lowest BCUT2D eigenvalue weighted by atomic mass is 9.96. The first-order valence-corrected chi connectivity index (χ1v) is 9.74. The molecule has 0 spiro atoms. The Morgan fingerprint density at radius 2 is 1.80 bits per heavy atom. The van der Waals surface area contributed by atoms with Crippen molar-refractivity contribution in [3.05, 3.63) is 77.9 Å². The average molecular weight is 401 g/mol. The van der Waals surface area contributed by atoms with E-state index in [4.69, 9.17) is 5.73 Å². The summed E-state index contributed by atoms with van der Waals surface area (Å²) >= 11 is 0. The van der Waals surface area contributed by atoms with Crippen molar-refractivity contribution in [3.8, 4) is 16.8 Å². The lowest BCUT2D eigenvalue weighted by Gasteiger charge is -2.22. The number of aromatic nitrogens is 5. The van der Waals surface area contributed by atoms with Gasteiger partial charge in [0.25, 0.3) is 0 Å². The molecule has 3 N–H and O–H groups in total. The van der Waals surface area contributed by atoms with Crippen LogP contribution in [0.3, 0.4) is 0 Å². The lowest BCUT2D eigenvalue weighted by Crippen LogP contribution is -2.12. The van der Waals surface area contributed by atoms with Crippen molar-refractivity contribution in [1.82, 2.24) is 24.7 Å². The van der Waals surface area contributed by atoms with Gasteiger partial charge in [0.2, 0.25) is 5.95 Å². The summed E-state index contributed by atoms with van der Waals surface area (Å²) < 4.78 is 15.5. The maximum absolute atomic E-state index is 13.4. The number of aryl methyl sites for hydroxylation is 2. The van der Waals surface area contributed by atoms with E-state index in [1.807, 2.05) is 13.0 Å². The molecule has 4 aromatic rings. The van der Waals surface area contributed by atoms with Crippen LogP contribution >= 0.6 is 0 Å². The van der Waals surface area contributed by atoms with Crippen LogP contribution in [-0.4, -0.2) is 24.7 Å². The summed E-state index contributed by atoms with van der Waals surface area (Å²) in [5, 5.41) is 12.2. The Hall–Kier alpha value is -3.81. The minimum atomic E-state index is -0.255. The van der Waals surface area contributed by atoms with E-state index < -0.39 is 0 Å². The Balaban J connectivity index is 1.62. The first kappa shape index (κ1) is 18.2. The smallest absolute Gasteiger partial charge is 0.219 e. The Morgan fingerprint density at radius 1 is 1.03 bits per heavy atom. The van der Waals surface area contributed by atoms with Crippen LogP contribution in [0.4, 0.5) is 16.0 Å². The van der Waals surface area contributed by atoms with Crippen molar-refractivity contribution in [2.75, 3.05) is 11.1 Å². The molecule has 0 radical (unpaired) electrons. The van der Waals surface area contributed by atoms with Crippen molar-refractivity contribution >= 4 is 11.6 Å². The highest BCUT2D eigenvalue weighted by molar-refractivity contribution is 5.67. The second kappa shape index (κ2) is 7.22. The fourth-order valence-electron chi connectivity index (χ4n) is 3.91. The molecule has 1 atom stereocenters. The third kappa shape index (κ3) is 3.26. The molecule has 3 heterocycles. The number of nitrogens with zero attached hydrogens (tertiary/aromatic N) is 5. The Labute approximate surface area is 172 Å². The monoisotopic (exact) mass is 401 g/mol. The molecule has 0 aliphatic carbocycles. The highest BCUT2D eigenvalue weighted by Gasteiger charge is 2.25. The topological polar surface area (TPSA) is 94.5 Å². The molecule has 1 aliphatic heterocycles. The molecule has 5 rings (SSSR count). The molecule has 7 nitrogen and oxygen atoms in total. The standard InChI is InChI=1S/C22H20FN7/c1-13-28-29-21-9-7-19(27-17-5-3-16(23)4-6-17)18-10-14(2-8-20(18)30(13)21)15-11-25-22(24)26-12-15/h2-6,8,10-12,19,27H,7,9H2,1H3,(H2,24,25,26). The van der Waals surface area contributed by atoms with Crippen LogP contribution in [0.15, 0.2) is 54.9 Å². The second-order valence-corrected chi connectivity index (χ2v) is 7.34. The van der Waals surface area contributed by atoms with Crippen molar-refractivity contribution in [2.45, 2.75) is 25.8 Å². The highest BCUT2D eigenvalue weighted by atomic mass is 19.1. The van der Waals surface area contributed by atoms with E-state index in [-0.39, 0.29) is 17.8 Å². The van der Waals surface area contributed by atoms with E-state index >= 15 is 0 Å². The molecule has 2 aromatic carbocycles. The van der Waals surface area contributed by atoms with Gasteiger partial charge in [-0.3, -0.25) is 4.57 Å².